The number of nitrogens with zero attached hydrogens (tertiary/aromatic N) is 4. The predicted octanol–water partition coefficient (Wildman–Crippen LogP) is 3.04. The third-order valence-electron chi connectivity index (χ3n) is 5.03. The number of carbonyl (C=O) groups is 1. The van der Waals surface area contributed by atoms with Crippen LogP contribution in [0.1, 0.15) is 12.8 Å². The number of carbonyl (C=O) groups excluding carboxylic acids is 1. The van der Waals surface area contributed by atoms with E-state index in [0.717, 1.165) is 5.69 Å². The van der Waals surface area contributed by atoms with Crippen molar-refractivity contribution in [3.05, 3.63) is 68.8 Å². The highest BCUT2D eigenvalue weighted by Gasteiger charge is 2.25. The van der Waals surface area contributed by atoms with Crippen molar-refractivity contribution in [2.24, 2.45) is 0 Å². The number of benzene rings is 2. The molecule has 0 atom stereocenters. The Morgan fingerprint density at radius 3 is 2.23 bits per heavy atom. The number of hydrogen-bond acceptors (Lipinski definition) is 7. The molecule has 0 bridgehead atoms. The summed E-state index contributed by atoms with van der Waals surface area (Å²) >= 11 is 0. The van der Waals surface area contributed by atoms with Crippen molar-refractivity contribution < 1.29 is 14.6 Å². The molecule has 10 nitrogen and oxygen atoms in total. The molecule has 158 valence electrons. The maximum absolute atomic E-state index is 12.4. The largest absolute Gasteiger partial charge is 0.385 e. The fraction of sp³-hybridized carbons (Fsp3) is 0.350. The second kappa shape index (κ2) is 9.68. The molecule has 0 saturated carbocycles. The summed E-state index contributed by atoms with van der Waals surface area (Å²) in [6, 6.07) is 12.8. The Morgan fingerprint density at radius 2 is 1.60 bits per heavy atom. The molecule has 2 aromatic carbocycles. The molecule has 2 aromatic rings. The number of para-hydroxylation sites is 2. The quantitative estimate of drug-likeness (QED) is 0.401. The number of nitrogens with one attached hydrogen (secondary N) is 1. The van der Waals surface area contributed by atoms with Gasteiger partial charge < -0.3 is 15.1 Å². The van der Waals surface area contributed by atoms with Gasteiger partial charge in [0, 0.05) is 63.0 Å². The van der Waals surface area contributed by atoms with Crippen molar-refractivity contribution in [3.8, 4) is 0 Å². The minimum atomic E-state index is -0.446. The third kappa shape index (κ3) is 5.22. The van der Waals surface area contributed by atoms with E-state index < -0.39 is 4.92 Å². The first kappa shape index (κ1) is 21.0. The van der Waals surface area contributed by atoms with Crippen LogP contribution < -0.4 is 10.2 Å². The van der Waals surface area contributed by atoms with Crippen LogP contribution in [0.5, 0.6) is 0 Å². The molecule has 1 amide bonds. The van der Waals surface area contributed by atoms with E-state index in [0.29, 0.717) is 51.3 Å². The molecular weight excluding hydrogens is 390 g/mol. The lowest BCUT2D eigenvalue weighted by Crippen LogP contribution is -2.49. The third-order valence-corrected chi connectivity index (χ3v) is 5.03. The molecule has 30 heavy (non-hydrogen) atoms. The average Bonchev–Trinajstić information content (AvgIpc) is 2.77. The topological polar surface area (TPSA) is 122 Å². The Kier molecular flexibility index (Phi) is 6.79. The monoisotopic (exact) mass is 413 g/mol. The lowest BCUT2D eigenvalue weighted by atomic mass is 10.2. The minimum absolute atomic E-state index is 0.0377. The highest BCUT2D eigenvalue weighted by Crippen LogP contribution is 2.28. The SMILES string of the molecule is O=C(CCCNc1ccc([N+](=O)[O-])cc1)N1CCN(c2ccccc2[N+](=O)[O-])CC1. The first-order chi connectivity index (χ1) is 14.5. The van der Waals surface area contributed by atoms with E-state index in [2.05, 4.69) is 5.32 Å². The van der Waals surface area contributed by atoms with Gasteiger partial charge in [-0.15, -0.1) is 0 Å². The van der Waals surface area contributed by atoms with Crippen LogP contribution in [0.25, 0.3) is 0 Å². The molecule has 3 rings (SSSR count). The number of rotatable bonds is 8. The van der Waals surface area contributed by atoms with Crippen molar-refractivity contribution >= 4 is 28.7 Å². The van der Waals surface area contributed by atoms with Gasteiger partial charge in [-0.05, 0) is 24.6 Å². The lowest BCUT2D eigenvalue weighted by molar-refractivity contribution is -0.384. The number of hydrogen-bond donors (Lipinski definition) is 1. The van der Waals surface area contributed by atoms with Gasteiger partial charge in [0.1, 0.15) is 5.69 Å². The van der Waals surface area contributed by atoms with E-state index >= 15 is 0 Å². The zero-order chi connectivity index (χ0) is 21.5. The van der Waals surface area contributed by atoms with Crippen LogP contribution in [0.4, 0.5) is 22.7 Å². The first-order valence-corrected chi connectivity index (χ1v) is 9.70. The van der Waals surface area contributed by atoms with E-state index in [1.54, 1.807) is 35.2 Å². The Balaban J connectivity index is 1.41. The average molecular weight is 413 g/mol. The molecule has 1 fully saturated rings. The zero-order valence-corrected chi connectivity index (χ0v) is 16.4. The van der Waals surface area contributed by atoms with Crippen LogP contribution in [0.3, 0.4) is 0 Å². The summed E-state index contributed by atoms with van der Waals surface area (Å²) in [5.41, 5.74) is 1.47. The first-order valence-electron chi connectivity index (χ1n) is 9.70. The van der Waals surface area contributed by atoms with Crippen LogP contribution in [0, 0.1) is 20.2 Å². The van der Waals surface area contributed by atoms with Gasteiger partial charge in [-0.3, -0.25) is 25.0 Å². The van der Waals surface area contributed by atoms with E-state index in [4.69, 9.17) is 0 Å². The number of amides is 1. The highest BCUT2D eigenvalue weighted by molar-refractivity contribution is 5.76. The molecule has 1 N–H and O–H groups in total. The van der Waals surface area contributed by atoms with Crippen molar-refractivity contribution in [3.63, 3.8) is 0 Å². The van der Waals surface area contributed by atoms with Crippen molar-refractivity contribution in [1.82, 2.24) is 4.90 Å². The van der Waals surface area contributed by atoms with Crippen LogP contribution in [-0.2, 0) is 4.79 Å². The second-order valence-corrected chi connectivity index (χ2v) is 6.95. The summed E-state index contributed by atoms with van der Waals surface area (Å²) in [4.78, 5) is 37.2. The summed E-state index contributed by atoms with van der Waals surface area (Å²) in [6.45, 7) is 2.75. The van der Waals surface area contributed by atoms with E-state index in [-0.39, 0.29) is 22.2 Å². The standard InChI is InChI=1S/C20H23N5O5/c26-20(6-3-11-21-16-7-9-17(10-8-16)24(27)28)23-14-12-22(13-15-23)18-4-1-2-5-19(18)25(29)30/h1-2,4-5,7-10,21H,3,6,11-15H2. The molecule has 1 saturated heterocycles. The molecule has 0 radical (unpaired) electrons. The number of anilines is 2. The predicted molar refractivity (Wildman–Crippen MR) is 113 cm³/mol. The van der Waals surface area contributed by atoms with Crippen LogP contribution >= 0.6 is 0 Å². The molecule has 0 unspecified atom stereocenters. The van der Waals surface area contributed by atoms with Gasteiger partial charge in [0.15, 0.2) is 0 Å². The summed E-state index contributed by atoms with van der Waals surface area (Å²) in [5, 5.41) is 25.0. The number of nitro groups is 2. The van der Waals surface area contributed by atoms with Gasteiger partial charge in [0.05, 0.1) is 9.85 Å². The lowest BCUT2D eigenvalue weighted by Gasteiger charge is -2.35. The normalized spacial score (nSPS) is 13.7. The molecule has 1 heterocycles. The molecule has 1 aliphatic rings. The van der Waals surface area contributed by atoms with Crippen molar-refractivity contribution in [2.75, 3.05) is 42.9 Å². The van der Waals surface area contributed by atoms with Crippen molar-refractivity contribution in [2.45, 2.75) is 12.8 Å². The van der Waals surface area contributed by atoms with Crippen LogP contribution in [0.15, 0.2) is 48.5 Å². The number of piperazine rings is 1. The van der Waals surface area contributed by atoms with E-state index in [1.807, 2.05) is 4.90 Å². The summed E-state index contributed by atoms with van der Waals surface area (Å²) < 4.78 is 0. The van der Waals surface area contributed by atoms with Crippen molar-refractivity contribution in [1.29, 1.82) is 0 Å². The maximum Gasteiger partial charge on any atom is 0.292 e. The molecular formula is C20H23N5O5. The Labute approximate surface area is 173 Å². The van der Waals surface area contributed by atoms with Gasteiger partial charge in [-0.1, -0.05) is 12.1 Å². The molecule has 10 heteroatoms. The molecule has 1 aliphatic heterocycles. The fourth-order valence-corrected chi connectivity index (χ4v) is 3.41. The molecule has 0 aromatic heterocycles. The smallest absolute Gasteiger partial charge is 0.292 e. The Hall–Kier alpha value is -3.69. The summed E-state index contributed by atoms with van der Waals surface area (Å²) in [6.07, 6.45) is 1.03. The minimum Gasteiger partial charge on any atom is -0.385 e. The molecule has 0 spiro atoms. The summed E-state index contributed by atoms with van der Waals surface area (Å²) in [5.74, 6) is 0.0581. The molecule has 0 aliphatic carbocycles. The van der Waals surface area contributed by atoms with Gasteiger partial charge in [-0.25, -0.2) is 0 Å². The Morgan fingerprint density at radius 1 is 0.933 bits per heavy atom. The summed E-state index contributed by atoms with van der Waals surface area (Å²) in [7, 11) is 0. The van der Waals surface area contributed by atoms with Gasteiger partial charge in [0.25, 0.3) is 11.4 Å². The van der Waals surface area contributed by atoms with Crippen LogP contribution in [0.2, 0.25) is 0 Å². The van der Waals surface area contributed by atoms with Gasteiger partial charge in [0.2, 0.25) is 5.91 Å². The Bertz CT molecular complexity index is 910. The zero-order valence-electron chi connectivity index (χ0n) is 16.4. The van der Waals surface area contributed by atoms with Gasteiger partial charge in [-0.2, -0.15) is 0 Å². The fourth-order valence-electron chi connectivity index (χ4n) is 3.41. The van der Waals surface area contributed by atoms with E-state index in [9.17, 15) is 25.0 Å². The van der Waals surface area contributed by atoms with E-state index in [1.165, 1.54) is 18.2 Å². The van der Waals surface area contributed by atoms with Crippen LogP contribution in [-0.4, -0.2) is 53.4 Å². The number of non-ortho nitro benzene ring substituents is 1. The maximum atomic E-state index is 12.4. The van der Waals surface area contributed by atoms with Gasteiger partial charge >= 0.3 is 0 Å². The number of nitro benzene ring substituents is 2. The highest BCUT2D eigenvalue weighted by atomic mass is 16.6. The second-order valence-electron chi connectivity index (χ2n) is 6.95.